The second kappa shape index (κ2) is 8.88. The average molecular weight is 388 g/mol. The number of hydrogen-bond donors (Lipinski definition) is 3. The first kappa shape index (κ1) is 19.2. The summed E-state index contributed by atoms with van der Waals surface area (Å²) in [6.45, 7) is 1.41. The molecule has 2 aromatic carbocycles. The lowest BCUT2D eigenvalue weighted by Gasteiger charge is -2.15. The molecule has 27 heavy (non-hydrogen) atoms. The molecule has 142 valence electrons. The summed E-state index contributed by atoms with van der Waals surface area (Å²) in [7, 11) is 0. The van der Waals surface area contributed by atoms with Crippen LogP contribution in [0.15, 0.2) is 48.5 Å². The zero-order chi connectivity index (χ0) is 19.2. The zero-order valence-electron chi connectivity index (χ0n) is 14.8. The van der Waals surface area contributed by atoms with Gasteiger partial charge in [-0.1, -0.05) is 35.9 Å². The fourth-order valence-electron chi connectivity index (χ4n) is 2.92. The van der Waals surface area contributed by atoms with Crippen LogP contribution in [0.1, 0.15) is 17.5 Å². The average Bonchev–Trinajstić information content (AvgIpc) is 3.09. The number of urea groups is 1. The topological polar surface area (TPSA) is 81.7 Å². The first-order chi connectivity index (χ1) is 13.0. The third-order valence-electron chi connectivity index (χ3n) is 4.45. The van der Waals surface area contributed by atoms with Crippen LogP contribution in [0, 0.1) is 0 Å². The largest absolute Gasteiger partial charge is 0.391 e. The Morgan fingerprint density at radius 2 is 1.74 bits per heavy atom. The second-order valence-electron chi connectivity index (χ2n) is 6.59. The van der Waals surface area contributed by atoms with Crippen LogP contribution in [0.5, 0.6) is 0 Å². The summed E-state index contributed by atoms with van der Waals surface area (Å²) in [5, 5.41) is 15.7. The molecule has 0 bridgehead atoms. The summed E-state index contributed by atoms with van der Waals surface area (Å²) >= 11 is 5.83. The second-order valence-corrected chi connectivity index (χ2v) is 7.03. The molecule has 0 saturated carbocycles. The Morgan fingerprint density at radius 1 is 1.07 bits per heavy atom. The molecule has 1 saturated heterocycles. The molecule has 1 aliphatic rings. The van der Waals surface area contributed by atoms with Gasteiger partial charge in [0.05, 0.1) is 12.5 Å². The van der Waals surface area contributed by atoms with Gasteiger partial charge in [0.15, 0.2) is 0 Å². The van der Waals surface area contributed by atoms with Gasteiger partial charge in [-0.05, 0) is 41.8 Å². The number of anilines is 1. The molecule has 3 rings (SSSR count). The molecule has 7 heteroatoms. The standard InChI is InChI=1S/C20H22ClN3O3/c21-16-5-1-15(2-6-16)12-22-20(27)23-17-7-3-14(4-8-17)11-19(26)24-10-9-18(25)13-24/h1-8,18,25H,9-13H2,(H2,22,23,27)/t18-/m1/s1. The molecule has 3 amide bonds. The number of benzene rings is 2. The van der Waals surface area contributed by atoms with Crippen LogP contribution in [0.25, 0.3) is 0 Å². The first-order valence-electron chi connectivity index (χ1n) is 8.83. The van der Waals surface area contributed by atoms with Gasteiger partial charge in [-0.15, -0.1) is 0 Å². The van der Waals surface area contributed by atoms with E-state index in [9.17, 15) is 14.7 Å². The van der Waals surface area contributed by atoms with Crippen molar-refractivity contribution in [3.05, 3.63) is 64.7 Å². The summed E-state index contributed by atoms with van der Waals surface area (Å²) in [6, 6.07) is 14.1. The van der Waals surface area contributed by atoms with Crippen molar-refractivity contribution >= 4 is 29.2 Å². The van der Waals surface area contributed by atoms with E-state index in [1.165, 1.54) is 0 Å². The zero-order valence-corrected chi connectivity index (χ0v) is 15.6. The number of nitrogens with zero attached hydrogens (tertiary/aromatic N) is 1. The highest BCUT2D eigenvalue weighted by atomic mass is 35.5. The number of aliphatic hydroxyl groups is 1. The molecule has 3 N–H and O–H groups in total. The number of hydrogen-bond acceptors (Lipinski definition) is 3. The molecule has 0 aromatic heterocycles. The number of aliphatic hydroxyl groups excluding tert-OH is 1. The number of amides is 3. The van der Waals surface area contributed by atoms with E-state index >= 15 is 0 Å². The van der Waals surface area contributed by atoms with Crippen LogP contribution in [0.4, 0.5) is 10.5 Å². The molecule has 0 aliphatic carbocycles. The summed E-state index contributed by atoms with van der Waals surface area (Å²) in [5.41, 5.74) is 2.47. The van der Waals surface area contributed by atoms with Crippen molar-refractivity contribution in [2.24, 2.45) is 0 Å². The Morgan fingerprint density at radius 3 is 2.37 bits per heavy atom. The van der Waals surface area contributed by atoms with Crippen LogP contribution in [-0.2, 0) is 17.8 Å². The van der Waals surface area contributed by atoms with Crippen LogP contribution >= 0.6 is 11.6 Å². The predicted octanol–water partition coefficient (Wildman–Crippen LogP) is 2.80. The Labute approximate surface area is 163 Å². The van der Waals surface area contributed by atoms with E-state index in [1.54, 1.807) is 29.2 Å². The number of halogens is 1. The first-order valence-corrected chi connectivity index (χ1v) is 9.21. The quantitative estimate of drug-likeness (QED) is 0.737. The van der Waals surface area contributed by atoms with Crippen molar-refractivity contribution in [1.29, 1.82) is 0 Å². The van der Waals surface area contributed by atoms with Gasteiger partial charge in [0, 0.05) is 30.3 Å². The highest BCUT2D eigenvalue weighted by molar-refractivity contribution is 6.30. The minimum atomic E-state index is -0.410. The SMILES string of the molecule is O=C(NCc1ccc(Cl)cc1)Nc1ccc(CC(=O)N2CC[C@@H](O)C2)cc1. The molecule has 6 nitrogen and oxygen atoms in total. The highest BCUT2D eigenvalue weighted by Crippen LogP contribution is 2.14. The normalized spacial score (nSPS) is 16.2. The number of carbonyl (C=O) groups is 2. The van der Waals surface area contributed by atoms with Crippen molar-refractivity contribution < 1.29 is 14.7 Å². The summed E-state index contributed by atoms with van der Waals surface area (Å²) in [4.78, 5) is 25.9. The van der Waals surface area contributed by atoms with Gasteiger partial charge in [0.1, 0.15) is 0 Å². The van der Waals surface area contributed by atoms with Gasteiger partial charge in [0.2, 0.25) is 5.91 Å². The molecule has 1 heterocycles. The molecular formula is C20H22ClN3O3. The smallest absolute Gasteiger partial charge is 0.319 e. The van der Waals surface area contributed by atoms with Crippen LogP contribution in [0.3, 0.4) is 0 Å². The lowest BCUT2D eigenvalue weighted by Crippen LogP contribution is -2.30. The van der Waals surface area contributed by atoms with E-state index in [0.29, 0.717) is 36.8 Å². The van der Waals surface area contributed by atoms with E-state index in [1.807, 2.05) is 24.3 Å². The maximum atomic E-state index is 12.2. The summed E-state index contributed by atoms with van der Waals surface area (Å²) in [6.07, 6.45) is 0.516. The van der Waals surface area contributed by atoms with E-state index in [4.69, 9.17) is 11.6 Å². The van der Waals surface area contributed by atoms with E-state index in [2.05, 4.69) is 10.6 Å². The number of β-amino-alcohol motifs (C(OH)–C–C–N with tert-alkyl or cyclic N) is 1. The van der Waals surface area contributed by atoms with Crippen molar-refractivity contribution in [2.75, 3.05) is 18.4 Å². The maximum absolute atomic E-state index is 12.2. The molecular weight excluding hydrogens is 366 g/mol. The van der Waals surface area contributed by atoms with E-state index in [-0.39, 0.29) is 18.4 Å². The third-order valence-corrected chi connectivity index (χ3v) is 4.70. The van der Waals surface area contributed by atoms with Gasteiger partial charge < -0.3 is 20.6 Å². The lowest BCUT2D eigenvalue weighted by atomic mass is 10.1. The summed E-state index contributed by atoms with van der Waals surface area (Å²) in [5.74, 6) is 0.00738. The van der Waals surface area contributed by atoms with Crippen molar-refractivity contribution in [1.82, 2.24) is 10.2 Å². The number of nitrogens with one attached hydrogen (secondary N) is 2. The summed E-state index contributed by atoms with van der Waals surface area (Å²) < 4.78 is 0. The fourth-order valence-corrected chi connectivity index (χ4v) is 3.05. The van der Waals surface area contributed by atoms with Crippen LogP contribution < -0.4 is 10.6 Å². The van der Waals surface area contributed by atoms with Gasteiger partial charge >= 0.3 is 6.03 Å². The Bertz CT molecular complexity index is 793. The number of likely N-dealkylation sites (tertiary alicyclic amines) is 1. The molecule has 1 aliphatic heterocycles. The number of rotatable bonds is 5. The third kappa shape index (κ3) is 5.70. The fraction of sp³-hybridized carbons (Fsp3) is 0.300. The highest BCUT2D eigenvalue weighted by Gasteiger charge is 2.24. The van der Waals surface area contributed by atoms with Crippen LogP contribution in [-0.4, -0.2) is 41.1 Å². The van der Waals surface area contributed by atoms with Gasteiger partial charge in [0.25, 0.3) is 0 Å². The molecule has 0 unspecified atom stereocenters. The molecule has 2 aromatic rings. The monoisotopic (exact) mass is 387 g/mol. The van der Waals surface area contributed by atoms with Crippen molar-refractivity contribution in [3.8, 4) is 0 Å². The van der Waals surface area contributed by atoms with Gasteiger partial charge in [-0.25, -0.2) is 4.79 Å². The Balaban J connectivity index is 1.46. The maximum Gasteiger partial charge on any atom is 0.319 e. The molecule has 1 fully saturated rings. The predicted molar refractivity (Wildman–Crippen MR) is 105 cm³/mol. The van der Waals surface area contributed by atoms with E-state index < -0.39 is 6.10 Å². The van der Waals surface area contributed by atoms with Gasteiger partial charge in [-0.3, -0.25) is 4.79 Å². The molecule has 0 spiro atoms. The molecule has 0 radical (unpaired) electrons. The number of carbonyl (C=O) groups excluding carboxylic acids is 2. The van der Waals surface area contributed by atoms with Crippen LogP contribution in [0.2, 0.25) is 5.02 Å². The lowest BCUT2D eigenvalue weighted by molar-refractivity contribution is -0.129. The van der Waals surface area contributed by atoms with E-state index in [0.717, 1.165) is 11.1 Å². The Kier molecular flexibility index (Phi) is 6.32. The minimum absolute atomic E-state index is 0.00738. The van der Waals surface area contributed by atoms with Crippen molar-refractivity contribution in [2.45, 2.75) is 25.5 Å². The Hall–Kier alpha value is -2.57. The minimum Gasteiger partial charge on any atom is -0.391 e. The van der Waals surface area contributed by atoms with Crippen molar-refractivity contribution in [3.63, 3.8) is 0 Å². The molecule has 1 atom stereocenters. The van der Waals surface area contributed by atoms with Gasteiger partial charge in [-0.2, -0.15) is 0 Å².